The van der Waals surface area contributed by atoms with Gasteiger partial charge in [-0.25, -0.2) is 0 Å². The highest BCUT2D eigenvalue weighted by atomic mass is 35.5. The van der Waals surface area contributed by atoms with E-state index in [0.717, 1.165) is 5.69 Å². The number of nitrogens with one attached hydrogen (secondary N) is 1. The number of rotatable bonds is 6. The smallest absolute Gasteiger partial charge is 0.278 e. The van der Waals surface area contributed by atoms with Crippen LogP contribution < -0.4 is 10.1 Å². The Morgan fingerprint density at radius 1 is 0.867 bits per heavy atom. The molecule has 0 atom stereocenters. The Balaban J connectivity index is 1.74. The van der Waals surface area contributed by atoms with E-state index in [1.807, 2.05) is 42.5 Å². The van der Waals surface area contributed by atoms with E-state index in [4.69, 9.17) is 16.3 Å². The molecule has 1 aliphatic rings. The fourth-order valence-corrected chi connectivity index (χ4v) is 3.52. The molecular weight excluding hydrogens is 400 g/mol. The van der Waals surface area contributed by atoms with Crippen molar-refractivity contribution >= 4 is 34.7 Å². The van der Waals surface area contributed by atoms with Gasteiger partial charge in [-0.3, -0.25) is 14.5 Å². The van der Waals surface area contributed by atoms with Crippen LogP contribution in [0.1, 0.15) is 11.1 Å². The molecular formula is C24H19ClN2O3. The zero-order valence-corrected chi connectivity index (χ0v) is 17.0. The minimum Gasteiger partial charge on any atom is -0.497 e. The molecule has 5 nitrogen and oxygen atoms in total. The van der Waals surface area contributed by atoms with Crippen molar-refractivity contribution in [2.75, 3.05) is 12.4 Å². The summed E-state index contributed by atoms with van der Waals surface area (Å²) in [4.78, 5) is 27.8. The maximum atomic E-state index is 13.3. The Hall–Kier alpha value is -3.57. The van der Waals surface area contributed by atoms with Gasteiger partial charge in [0.05, 0.1) is 19.2 Å². The van der Waals surface area contributed by atoms with Gasteiger partial charge in [0.2, 0.25) is 0 Å². The van der Waals surface area contributed by atoms with Crippen molar-refractivity contribution in [1.82, 2.24) is 4.90 Å². The summed E-state index contributed by atoms with van der Waals surface area (Å²) in [5, 5.41) is 3.64. The predicted octanol–water partition coefficient (Wildman–Crippen LogP) is 4.74. The van der Waals surface area contributed by atoms with Crippen molar-refractivity contribution in [3.8, 4) is 5.75 Å². The lowest BCUT2D eigenvalue weighted by molar-refractivity contribution is -0.137. The number of imide groups is 1. The van der Waals surface area contributed by atoms with Crippen LogP contribution in [0, 0.1) is 0 Å². The molecule has 1 aliphatic heterocycles. The number of carbonyl (C=O) groups excluding carboxylic acids is 2. The van der Waals surface area contributed by atoms with E-state index in [0.29, 0.717) is 27.5 Å². The zero-order valence-electron chi connectivity index (χ0n) is 16.3. The van der Waals surface area contributed by atoms with Crippen LogP contribution in [-0.2, 0) is 16.1 Å². The molecule has 3 aromatic rings. The molecule has 0 saturated carbocycles. The van der Waals surface area contributed by atoms with E-state index >= 15 is 0 Å². The van der Waals surface area contributed by atoms with Crippen LogP contribution in [0.2, 0.25) is 5.02 Å². The number of para-hydroxylation sites is 1. The van der Waals surface area contributed by atoms with Crippen molar-refractivity contribution in [1.29, 1.82) is 0 Å². The fraction of sp³-hybridized carbons (Fsp3) is 0.0833. The highest BCUT2D eigenvalue weighted by Crippen LogP contribution is 2.33. The molecule has 6 heteroatoms. The summed E-state index contributed by atoms with van der Waals surface area (Å²) in [6.07, 6.45) is 0. The van der Waals surface area contributed by atoms with Crippen LogP contribution in [0.25, 0.3) is 5.57 Å². The highest BCUT2D eigenvalue weighted by Gasteiger charge is 2.39. The lowest BCUT2D eigenvalue weighted by Gasteiger charge is -2.16. The van der Waals surface area contributed by atoms with E-state index in [2.05, 4.69) is 5.32 Å². The van der Waals surface area contributed by atoms with Gasteiger partial charge < -0.3 is 10.1 Å². The Bertz CT molecular complexity index is 1120. The van der Waals surface area contributed by atoms with E-state index < -0.39 is 5.91 Å². The third-order valence-corrected chi connectivity index (χ3v) is 5.24. The SMILES string of the molecule is COc1ccc(C2=C(Nc3ccccc3)C(=O)N(Cc3ccccc3Cl)C2=O)cc1. The maximum Gasteiger partial charge on any atom is 0.278 e. The first-order valence-electron chi connectivity index (χ1n) is 9.39. The van der Waals surface area contributed by atoms with Gasteiger partial charge in [-0.05, 0) is 41.5 Å². The van der Waals surface area contributed by atoms with Crippen LogP contribution in [0.3, 0.4) is 0 Å². The molecule has 0 saturated heterocycles. The molecule has 0 fully saturated rings. The summed E-state index contributed by atoms with van der Waals surface area (Å²) in [6, 6.07) is 23.5. The van der Waals surface area contributed by atoms with E-state index in [-0.39, 0.29) is 18.1 Å². The number of halogens is 1. The number of nitrogens with zero attached hydrogens (tertiary/aromatic N) is 1. The van der Waals surface area contributed by atoms with Gasteiger partial charge in [-0.15, -0.1) is 0 Å². The lowest BCUT2D eigenvalue weighted by Crippen LogP contribution is -2.32. The predicted molar refractivity (Wildman–Crippen MR) is 117 cm³/mol. The van der Waals surface area contributed by atoms with Crippen molar-refractivity contribution < 1.29 is 14.3 Å². The molecule has 4 rings (SSSR count). The van der Waals surface area contributed by atoms with Crippen molar-refractivity contribution in [3.63, 3.8) is 0 Å². The van der Waals surface area contributed by atoms with Gasteiger partial charge in [-0.2, -0.15) is 0 Å². The fourth-order valence-electron chi connectivity index (χ4n) is 3.32. The quantitative estimate of drug-likeness (QED) is 0.587. The Kier molecular flexibility index (Phi) is 5.55. The second kappa shape index (κ2) is 8.43. The van der Waals surface area contributed by atoms with Gasteiger partial charge in [0.15, 0.2) is 0 Å². The number of benzene rings is 3. The second-order valence-electron chi connectivity index (χ2n) is 6.76. The molecule has 0 aliphatic carbocycles. The number of hydrogen-bond donors (Lipinski definition) is 1. The number of carbonyl (C=O) groups is 2. The van der Waals surface area contributed by atoms with Gasteiger partial charge in [-0.1, -0.05) is 60.1 Å². The molecule has 0 radical (unpaired) electrons. The number of hydrogen-bond acceptors (Lipinski definition) is 4. The molecule has 150 valence electrons. The monoisotopic (exact) mass is 418 g/mol. The summed E-state index contributed by atoms with van der Waals surface area (Å²) in [5.74, 6) is -0.0975. The first-order valence-corrected chi connectivity index (χ1v) is 9.76. The zero-order chi connectivity index (χ0) is 21.1. The van der Waals surface area contributed by atoms with E-state index in [1.165, 1.54) is 4.90 Å². The molecule has 0 aromatic heterocycles. The number of methoxy groups -OCH3 is 1. The molecule has 0 spiro atoms. The summed E-state index contributed by atoms with van der Waals surface area (Å²) in [7, 11) is 1.58. The number of anilines is 1. The van der Waals surface area contributed by atoms with Crippen LogP contribution in [0.5, 0.6) is 5.75 Å². The third kappa shape index (κ3) is 3.80. The topological polar surface area (TPSA) is 58.6 Å². The van der Waals surface area contributed by atoms with Gasteiger partial charge in [0, 0.05) is 10.7 Å². The van der Waals surface area contributed by atoms with Gasteiger partial charge >= 0.3 is 0 Å². The largest absolute Gasteiger partial charge is 0.497 e. The molecule has 30 heavy (non-hydrogen) atoms. The van der Waals surface area contributed by atoms with Crippen molar-refractivity contribution in [2.45, 2.75) is 6.54 Å². The third-order valence-electron chi connectivity index (χ3n) is 4.88. The Labute approximate surface area is 179 Å². The highest BCUT2D eigenvalue weighted by molar-refractivity contribution is 6.36. The number of amides is 2. The Morgan fingerprint density at radius 2 is 1.53 bits per heavy atom. The van der Waals surface area contributed by atoms with Gasteiger partial charge in [0.25, 0.3) is 11.8 Å². The molecule has 1 heterocycles. The lowest BCUT2D eigenvalue weighted by atomic mass is 10.0. The van der Waals surface area contributed by atoms with Crippen molar-refractivity contribution in [3.05, 3.63) is 101 Å². The summed E-state index contributed by atoms with van der Waals surface area (Å²) < 4.78 is 5.21. The van der Waals surface area contributed by atoms with Gasteiger partial charge in [0.1, 0.15) is 11.4 Å². The molecule has 0 unspecified atom stereocenters. The molecule has 1 N–H and O–H groups in total. The second-order valence-corrected chi connectivity index (χ2v) is 7.16. The van der Waals surface area contributed by atoms with Crippen molar-refractivity contribution in [2.24, 2.45) is 0 Å². The van der Waals surface area contributed by atoms with E-state index in [9.17, 15) is 9.59 Å². The summed E-state index contributed by atoms with van der Waals surface area (Å²) >= 11 is 6.26. The van der Waals surface area contributed by atoms with E-state index in [1.54, 1.807) is 43.5 Å². The summed E-state index contributed by atoms with van der Waals surface area (Å²) in [6.45, 7) is 0.0942. The first-order chi connectivity index (χ1) is 14.6. The molecule has 3 aromatic carbocycles. The Morgan fingerprint density at radius 3 is 2.20 bits per heavy atom. The average Bonchev–Trinajstić information content (AvgIpc) is 3.00. The minimum absolute atomic E-state index is 0.0942. The van der Waals surface area contributed by atoms with Crippen LogP contribution in [0.4, 0.5) is 5.69 Å². The average molecular weight is 419 g/mol. The van der Waals surface area contributed by atoms with Crippen LogP contribution >= 0.6 is 11.6 Å². The standard InChI is InChI=1S/C24H19ClN2O3/c1-30-19-13-11-16(12-14-19)21-22(26-18-8-3-2-4-9-18)24(29)27(23(21)28)15-17-7-5-6-10-20(17)25/h2-14,26H,15H2,1H3. The normalized spacial score (nSPS) is 13.7. The molecule has 0 bridgehead atoms. The number of ether oxygens (including phenoxy) is 1. The van der Waals surface area contributed by atoms with Crippen LogP contribution in [0.15, 0.2) is 84.6 Å². The maximum absolute atomic E-state index is 13.3. The van der Waals surface area contributed by atoms with Crippen LogP contribution in [-0.4, -0.2) is 23.8 Å². The molecule has 2 amide bonds. The summed E-state index contributed by atoms with van der Waals surface area (Å²) in [5.41, 5.74) is 2.62. The minimum atomic E-state index is -0.394. The first kappa shape index (κ1) is 19.7.